The van der Waals surface area contributed by atoms with Crippen LogP contribution in [-0.4, -0.2) is 31.2 Å². The van der Waals surface area contributed by atoms with Crippen LogP contribution in [0.5, 0.6) is 0 Å². The second kappa shape index (κ2) is 8.11. The van der Waals surface area contributed by atoms with E-state index in [1.807, 2.05) is 52.0 Å². The minimum Gasteiger partial charge on any atom is -0.465 e. The van der Waals surface area contributed by atoms with Crippen LogP contribution in [0.3, 0.4) is 0 Å². The maximum atomic E-state index is 13.6. The first-order chi connectivity index (χ1) is 14.1. The van der Waals surface area contributed by atoms with Crippen LogP contribution in [0.15, 0.2) is 47.3 Å². The Morgan fingerprint density at radius 2 is 1.90 bits per heavy atom. The average molecular weight is 428 g/mol. The fourth-order valence-electron chi connectivity index (χ4n) is 3.80. The largest absolute Gasteiger partial charge is 0.465 e. The predicted octanol–water partition coefficient (Wildman–Crippen LogP) is 5.44. The van der Waals surface area contributed by atoms with Crippen molar-refractivity contribution in [1.29, 1.82) is 0 Å². The highest BCUT2D eigenvalue weighted by Crippen LogP contribution is 2.30. The summed E-state index contributed by atoms with van der Waals surface area (Å²) in [6.07, 6.45) is -0.275. The molecule has 1 amide bonds. The molecule has 6 nitrogen and oxygen atoms in total. The molecule has 1 aromatic heterocycles. The molecular weight excluding hydrogens is 402 g/mol. The van der Waals surface area contributed by atoms with Crippen molar-refractivity contribution in [3.05, 3.63) is 69.2 Å². The van der Waals surface area contributed by atoms with Crippen LogP contribution >= 0.6 is 11.6 Å². The van der Waals surface area contributed by atoms with Crippen LogP contribution in [0.2, 0.25) is 5.02 Å². The number of benzene rings is 2. The van der Waals surface area contributed by atoms with E-state index in [1.165, 1.54) is 9.47 Å². The molecule has 158 valence electrons. The lowest BCUT2D eigenvalue weighted by Gasteiger charge is -2.38. The van der Waals surface area contributed by atoms with Gasteiger partial charge in [0, 0.05) is 5.54 Å². The smallest absolute Gasteiger partial charge is 0.408 e. The molecule has 3 rings (SSSR count). The second-order valence-electron chi connectivity index (χ2n) is 8.27. The number of fused-ring (bicyclic) bond motifs is 1. The standard InChI is InChI=1S/C23H26ClN3O3/c1-6-15-9-7-10-16(13-15)26-20(14(2)27(22(29)30)23(3,4)5)25-18-12-8-11-17(24)19(18)21(26)28/h7-14H,6H2,1-5H3,(H,29,30). The Kier molecular flexibility index (Phi) is 5.90. The third-order valence-corrected chi connectivity index (χ3v) is 5.45. The molecule has 0 aliphatic carbocycles. The van der Waals surface area contributed by atoms with Gasteiger partial charge in [0.25, 0.3) is 5.56 Å². The van der Waals surface area contributed by atoms with Gasteiger partial charge in [-0.2, -0.15) is 0 Å². The highest BCUT2D eigenvalue weighted by atomic mass is 35.5. The van der Waals surface area contributed by atoms with Crippen molar-refractivity contribution in [2.75, 3.05) is 0 Å². The highest BCUT2D eigenvalue weighted by Gasteiger charge is 2.34. The number of rotatable bonds is 4. The van der Waals surface area contributed by atoms with E-state index in [0.717, 1.165) is 12.0 Å². The number of amides is 1. The number of hydrogen-bond acceptors (Lipinski definition) is 3. The molecule has 1 heterocycles. The molecule has 0 fully saturated rings. The van der Waals surface area contributed by atoms with Crippen molar-refractivity contribution >= 4 is 28.6 Å². The van der Waals surface area contributed by atoms with E-state index in [-0.39, 0.29) is 5.56 Å². The van der Waals surface area contributed by atoms with E-state index in [0.29, 0.717) is 27.4 Å². The van der Waals surface area contributed by atoms with Gasteiger partial charge in [0.05, 0.1) is 27.7 Å². The molecule has 0 saturated carbocycles. The normalized spacial score (nSPS) is 12.7. The number of aromatic nitrogens is 2. The first-order valence-electron chi connectivity index (χ1n) is 9.89. The highest BCUT2D eigenvalue weighted by molar-refractivity contribution is 6.35. The van der Waals surface area contributed by atoms with Crippen molar-refractivity contribution in [2.45, 2.75) is 52.6 Å². The minimum absolute atomic E-state index is 0.314. The minimum atomic E-state index is -1.08. The number of nitrogens with zero attached hydrogens (tertiary/aromatic N) is 3. The summed E-state index contributed by atoms with van der Waals surface area (Å²) in [4.78, 5) is 31.7. The molecule has 30 heavy (non-hydrogen) atoms. The summed E-state index contributed by atoms with van der Waals surface area (Å²) >= 11 is 6.34. The first-order valence-corrected chi connectivity index (χ1v) is 10.3. The van der Waals surface area contributed by atoms with Crippen molar-refractivity contribution in [1.82, 2.24) is 14.5 Å². The van der Waals surface area contributed by atoms with Crippen LogP contribution < -0.4 is 5.56 Å². The average Bonchev–Trinajstić information content (AvgIpc) is 2.66. The Labute approximate surface area is 180 Å². The maximum Gasteiger partial charge on any atom is 0.408 e. The molecule has 0 radical (unpaired) electrons. The molecule has 1 atom stereocenters. The van der Waals surface area contributed by atoms with Crippen LogP contribution in [0, 0.1) is 0 Å². The molecule has 3 aromatic rings. The van der Waals surface area contributed by atoms with E-state index in [1.54, 1.807) is 25.1 Å². The van der Waals surface area contributed by atoms with Gasteiger partial charge in [-0.25, -0.2) is 9.78 Å². The zero-order chi connectivity index (χ0) is 22.2. The molecule has 0 aliphatic heterocycles. The zero-order valence-corrected chi connectivity index (χ0v) is 18.6. The van der Waals surface area contributed by atoms with Gasteiger partial charge in [0.1, 0.15) is 5.82 Å². The van der Waals surface area contributed by atoms with Gasteiger partial charge in [0.15, 0.2) is 0 Å². The molecule has 0 aliphatic rings. The van der Waals surface area contributed by atoms with E-state index in [4.69, 9.17) is 16.6 Å². The summed E-state index contributed by atoms with van der Waals surface area (Å²) in [5.41, 5.74) is 1.12. The number of carbonyl (C=O) groups is 1. The number of hydrogen-bond donors (Lipinski definition) is 1. The van der Waals surface area contributed by atoms with Crippen molar-refractivity contribution in [3.8, 4) is 5.69 Å². The lowest BCUT2D eigenvalue weighted by Crippen LogP contribution is -2.47. The molecule has 1 N–H and O–H groups in total. The van der Waals surface area contributed by atoms with E-state index in [2.05, 4.69) is 0 Å². The number of aryl methyl sites for hydroxylation is 1. The van der Waals surface area contributed by atoms with Crippen LogP contribution in [0.1, 0.15) is 52.0 Å². The molecule has 1 unspecified atom stereocenters. The van der Waals surface area contributed by atoms with Crippen LogP contribution in [0.25, 0.3) is 16.6 Å². The van der Waals surface area contributed by atoms with Crippen LogP contribution in [0.4, 0.5) is 4.79 Å². The Hall–Kier alpha value is -2.86. The third-order valence-electron chi connectivity index (χ3n) is 5.14. The summed E-state index contributed by atoms with van der Waals surface area (Å²) in [7, 11) is 0. The molecule has 7 heteroatoms. The fraction of sp³-hybridized carbons (Fsp3) is 0.348. The van der Waals surface area contributed by atoms with Gasteiger partial charge >= 0.3 is 6.09 Å². The monoisotopic (exact) mass is 427 g/mol. The van der Waals surface area contributed by atoms with Gasteiger partial charge < -0.3 is 5.11 Å². The fourth-order valence-corrected chi connectivity index (χ4v) is 4.05. The summed E-state index contributed by atoms with van der Waals surface area (Å²) in [5, 5.41) is 10.5. The van der Waals surface area contributed by atoms with Gasteiger partial charge in [-0.1, -0.05) is 36.7 Å². The topological polar surface area (TPSA) is 75.4 Å². The van der Waals surface area contributed by atoms with E-state index >= 15 is 0 Å². The Balaban J connectivity index is 2.40. The van der Waals surface area contributed by atoms with Crippen LogP contribution in [-0.2, 0) is 6.42 Å². The maximum absolute atomic E-state index is 13.6. The third kappa shape index (κ3) is 3.92. The van der Waals surface area contributed by atoms with Gasteiger partial charge in [-0.15, -0.1) is 0 Å². The lowest BCUT2D eigenvalue weighted by atomic mass is 10.0. The van der Waals surface area contributed by atoms with Crippen molar-refractivity contribution in [2.24, 2.45) is 0 Å². The van der Waals surface area contributed by atoms with Crippen molar-refractivity contribution in [3.63, 3.8) is 0 Å². The molecule has 0 saturated heterocycles. The number of halogens is 1. The summed E-state index contributed by atoms with van der Waals surface area (Å²) in [6, 6.07) is 12.0. The number of carboxylic acid groups (broad SMARTS) is 1. The molecule has 2 aromatic carbocycles. The zero-order valence-electron chi connectivity index (χ0n) is 17.8. The molecule has 0 spiro atoms. The molecule has 0 bridgehead atoms. The summed E-state index contributed by atoms with van der Waals surface area (Å²) in [6.45, 7) is 9.23. The SMILES string of the molecule is CCc1cccc(-n2c(C(C)N(C(=O)O)C(C)(C)C)nc3cccc(Cl)c3c2=O)c1. The Morgan fingerprint density at radius 3 is 2.50 bits per heavy atom. The van der Waals surface area contributed by atoms with Gasteiger partial charge in [-0.05, 0) is 63.9 Å². The Morgan fingerprint density at radius 1 is 1.23 bits per heavy atom. The predicted molar refractivity (Wildman–Crippen MR) is 120 cm³/mol. The Bertz CT molecular complexity index is 1160. The molecular formula is C23H26ClN3O3. The lowest BCUT2D eigenvalue weighted by molar-refractivity contribution is 0.0719. The second-order valence-corrected chi connectivity index (χ2v) is 8.67. The van der Waals surface area contributed by atoms with E-state index < -0.39 is 17.7 Å². The summed E-state index contributed by atoms with van der Waals surface area (Å²) in [5.74, 6) is 0.348. The van der Waals surface area contributed by atoms with Gasteiger partial charge in [0.2, 0.25) is 0 Å². The first kappa shape index (κ1) is 21.8. The van der Waals surface area contributed by atoms with Gasteiger partial charge in [-0.3, -0.25) is 14.3 Å². The quantitative estimate of drug-likeness (QED) is 0.601. The van der Waals surface area contributed by atoms with Crippen molar-refractivity contribution < 1.29 is 9.90 Å². The van der Waals surface area contributed by atoms with E-state index in [9.17, 15) is 14.7 Å². The summed E-state index contributed by atoms with van der Waals surface area (Å²) < 4.78 is 1.49.